The molecule has 1 amide bonds. The second-order valence-electron chi connectivity index (χ2n) is 11.4. The Morgan fingerprint density at radius 1 is 1.00 bits per heavy atom. The Labute approximate surface area is 232 Å². The molecule has 1 aliphatic carbocycles. The van der Waals surface area contributed by atoms with Gasteiger partial charge in [-0.2, -0.15) is 0 Å². The van der Waals surface area contributed by atoms with Crippen molar-refractivity contribution in [2.75, 3.05) is 43.0 Å². The maximum atomic E-state index is 12.5. The smallest absolute Gasteiger partial charge is 0.410 e. The molecule has 1 saturated heterocycles. The number of carbonyl (C=O) groups excluding carboxylic acids is 2. The highest BCUT2D eigenvalue weighted by Gasteiger charge is 2.37. The number of hydrogen-bond donors (Lipinski definition) is 0. The number of anilines is 2. The summed E-state index contributed by atoms with van der Waals surface area (Å²) >= 11 is 3.72. The molecule has 2 fully saturated rings. The van der Waals surface area contributed by atoms with Gasteiger partial charge in [-0.25, -0.2) is 9.78 Å². The lowest BCUT2D eigenvalue weighted by atomic mass is 9.85. The molecule has 202 valence electrons. The minimum atomic E-state index is -0.498. The molecule has 0 unspecified atom stereocenters. The Hall–Kier alpha value is -3.07. The molecule has 5 rings (SSSR count). The Balaban J connectivity index is 1.25. The molecule has 0 spiro atoms. The molecular weight excluding hydrogens is 546 g/mol. The summed E-state index contributed by atoms with van der Waals surface area (Å²) in [5.41, 5.74) is 2.36. The first-order valence-corrected chi connectivity index (χ1v) is 14.0. The van der Waals surface area contributed by atoms with E-state index < -0.39 is 5.60 Å². The van der Waals surface area contributed by atoms with Crippen LogP contribution in [0.1, 0.15) is 56.9 Å². The third kappa shape index (κ3) is 5.39. The van der Waals surface area contributed by atoms with Gasteiger partial charge in [0.2, 0.25) is 0 Å². The minimum Gasteiger partial charge on any atom is -0.444 e. The van der Waals surface area contributed by atoms with Crippen LogP contribution in [0.25, 0.3) is 11.0 Å². The highest BCUT2D eigenvalue weighted by molar-refractivity contribution is 9.10. The van der Waals surface area contributed by atoms with E-state index in [0.717, 1.165) is 71.6 Å². The minimum absolute atomic E-state index is 0.0895. The maximum absolute atomic E-state index is 12.5. The molecule has 0 radical (unpaired) electrons. The number of amides is 1. The molecule has 2 aliphatic rings. The van der Waals surface area contributed by atoms with Crippen molar-refractivity contribution >= 4 is 50.3 Å². The summed E-state index contributed by atoms with van der Waals surface area (Å²) in [6, 6.07) is 12.6. The standard InChI is InChI=1S/C29H36BrN5O3/c1-19(36)20-6-8-21(9-7-20)33-12-14-34(15-13-33)26-11-10-24-25(30)18-35(27(24)31-26)23-16-22(17-23)32(5)28(37)38-29(2,3)4/h6-11,18,22-23H,12-17H2,1-5H3/t22-,23-. The average Bonchev–Trinajstić information content (AvgIpc) is 3.17. The van der Waals surface area contributed by atoms with Gasteiger partial charge in [0.15, 0.2) is 5.78 Å². The zero-order valence-corrected chi connectivity index (χ0v) is 24.4. The van der Waals surface area contributed by atoms with Crippen LogP contribution in [0.5, 0.6) is 0 Å². The number of hydrogen-bond acceptors (Lipinski definition) is 6. The number of piperazine rings is 1. The van der Waals surface area contributed by atoms with Crippen LogP contribution in [0.3, 0.4) is 0 Å². The van der Waals surface area contributed by atoms with Crippen molar-refractivity contribution in [1.29, 1.82) is 0 Å². The van der Waals surface area contributed by atoms with Crippen molar-refractivity contribution in [3.63, 3.8) is 0 Å². The molecule has 0 N–H and O–H groups in total. The predicted molar refractivity (Wildman–Crippen MR) is 154 cm³/mol. The van der Waals surface area contributed by atoms with Crippen molar-refractivity contribution < 1.29 is 14.3 Å². The molecule has 1 saturated carbocycles. The summed E-state index contributed by atoms with van der Waals surface area (Å²) in [5.74, 6) is 1.07. The van der Waals surface area contributed by atoms with Crippen molar-refractivity contribution in [2.45, 2.75) is 58.2 Å². The monoisotopic (exact) mass is 581 g/mol. The molecule has 0 atom stereocenters. The molecule has 38 heavy (non-hydrogen) atoms. The molecule has 3 heterocycles. The molecule has 8 nitrogen and oxygen atoms in total. The van der Waals surface area contributed by atoms with Crippen molar-refractivity contribution in [1.82, 2.24) is 14.5 Å². The Bertz CT molecular complexity index is 1330. The van der Waals surface area contributed by atoms with Crippen molar-refractivity contribution in [2.24, 2.45) is 0 Å². The lowest BCUT2D eigenvalue weighted by molar-refractivity contribution is 0.00808. The molecule has 1 aliphatic heterocycles. The van der Waals surface area contributed by atoms with Gasteiger partial charge in [-0.1, -0.05) is 0 Å². The van der Waals surface area contributed by atoms with Crippen LogP contribution in [0, 0.1) is 0 Å². The number of benzene rings is 1. The third-order valence-electron chi connectivity index (χ3n) is 7.57. The molecule has 3 aromatic rings. The van der Waals surface area contributed by atoms with Crippen LogP contribution in [0.2, 0.25) is 0 Å². The largest absolute Gasteiger partial charge is 0.444 e. The van der Waals surface area contributed by atoms with Crippen LogP contribution in [-0.2, 0) is 4.74 Å². The fourth-order valence-corrected chi connectivity index (χ4v) is 5.75. The van der Waals surface area contributed by atoms with Gasteiger partial charge in [0.05, 0.1) is 0 Å². The summed E-state index contributed by atoms with van der Waals surface area (Å²) in [6.45, 7) is 10.8. The molecule has 1 aromatic carbocycles. The van der Waals surface area contributed by atoms with Gasteiger partial charge in [-0.15, -0.1) is 0 Å². The number of carbonyl (C=O) groups is 2. The van der Waals surface area contributed by atoms with E-state index in [-0.39, 0.29) is 24.0 Å². The fraction of sp³-hybridized carbons (Fsp3) is 0.483. The maximum Gasteiger partial charge on any atom is 0.410 e. The first-order chi connectivity index (χ1) is 18.0. The summed E-state index contributed by atoms with van der Waals surface area (Å²) in [5, 5.41) is 1.10. The van der Waals surface area contributed by atoms with E-state index in [1.807, 2.05) is 52.1 Å². The van der Waals surface area contributed by atoms with Gasteiger partial charge in [0.25, 0.3) is 0 Å². The third-order valence-corrected chi connectivity index (χ3v) is 8.20. The number of nitrogens with zero attached hydrogens (tertiary/aromatic N) is 5. The SMILES string of the molecule is CC(=O)c1ccc(N2CCN(c3ccc4c(Br)cn([C@H]5C[C@H](N(C)C(=O)OC(C)(C)C)C5)c4n3)CC2)cc1. The number of pyridine rings is 1. The van der Waals surface area contributed by atoms with E-state index in [0.29, 0.717) is 0 Å². The van der Waals surface area contributed by atoms with Crippen LogP contribution < -0.4 is 9.80 Å². The zero-order chi connectivity index (χ0) is 27.2. The lowest BCUT2D eigenvalue weighted by Crippen LogP contribution is -2.47. The topological polar surface area (TPSA) is 70.9 Å². The van der Waals surface area contributed by atoms with E-state index in [2.05, 4.69) is 48.6 Å². The number of halogens is 1. The Morgan fingerprint density at radius 2 is 1.63 bits per heavy atom. The number of Topliss-reactive ketones (excluding diaryl/α,β-unsaturated/α-hetero) is 1. The van der Waals surface area contributed by atoms with E-state index in [1.165, 1.54) is 0 Å². The van der Waals surface area contributed by atoms with Gasteiger partial charge in [-0.3, -0.25) is 4.79 Å². The number of fused-ring (bicyclic) bond motifs is 1. The number of rotatable bonds is 5. The van der Waals surface area contributed by atoms with Gasteiger partial charge in [-0.05, 0) is 92.9 Å². The first-order valence-electron chi connectivity index (χ1n) is 13.2. The normalized spacial score (nSPS) is 19.8. The predicted octanol–water partition coefficient (Wildman–Crippen LogP) is 5.90. The summed E-state index contributed by atoms with van der Waals surface area (Å²) in [7, 11) is 1.83. The number of ether oxygens (including phenoxy) is 1. The second-order valence-corrected chi connectivity index (χ2v) is 12.2. The summed E-state index contributed by atoms with van der Waals surface area (Å²) < 4.78 is 8.84. The quantitative estimate of drug-likeness (QED) is 0.349. The summed E-state index contributed by atoms with van der Waals surface area (Å²) in [4.78, 5) is 35.6. The van der Waals surface area contributed by atoms with Gasteiger partial charge < -0.3 is 24.0 Å². The van der Waals surface area contributed by atoms with Crippen molar-refractivity contribution in [3.05, 3.63) is 52.6 Å². The zero-order valence-electron chi connectivity index (χ0n) is 22.8. The second kappa shape index (κ2) is 10.2. The highest BCUT2D eigenvalue weighted by Crippen LogP contribution is 2.40. The van der Waals surface area contributed by atoms with Gasteiger partial charge in [0.1, 0.15) is 17.1 Å². The van der Waals surface area contributed by atoms with E-state index in [4.69, 9.17) is 9.72 Å². The van der Waals surface area contributed by atoms with Crippen LogP contribution >= 0.6 is 15.9 Å². The van der Waals surface area contributed by atoms with Crippen LogP contribution in [0.4, 0.5) is 16.3 Å². The lowest BCUT2D eigenvalue weighted by Gasteiger charge is -2.42. The van der Waals surface area contributed by atoms with Gasteiger partial charge >= 0.3 is 6.09 Å². The summed E-state index contributed by atoms with van der Waals surface area (Å²) in [6.07, 6.45) is 3.60. The van der Waals surface area contributed by atoms with Crippen LogP contribution in [-0.4, -0.2) is 71.2 Å². The molecular formula is C29H36BrN5O3. The first kappa shape index (κ1) is 26.5. The fourth-order valence-electron chi connectivity index (χ4n) is 5.22. The highest BCUT2D eigenvalue weighted by atomic mass is 79.9. The van der Waals surface area contributed by atoms with Gasteiger partial charge in [0, 0.05) is 72.6 Å². The molecule has 0 bridgehead atoms. The van der Waals surface area contributed by atoms with Crippen molar-refractivity contribution in [3.8, 4) is 0 Å². The average molecular weight is 583 g/mol. The van der Waals surface area contributed by atoms with Crippen LogP contribution in [0.15, 0.2) is 47.1 Å². The van der Waals surface area contributed by atoms with E-state index in [1.54, 1.807) is 11.8 Å². The molecule has 9 heteroatoms. The number of ketones is 1. The Kier molecular flexibility index (Phi) is 7.15. The Morgan fingerprint density at radius 3 is 2.24 bits per heavy atom. The molecule has 2 aromatic heterocycles. The van der Waals surface area contributed by atoms with E-state index in [9.17, 15) is 9.59 Å². The van der Waals surface area contributed by atoms with E-state index >= 15 is 0 Å². The number of aromatic nitrogens is 2.